The lowest BCUT2D eigenvalue weighted by atomic mass is 9.91. The summed E-state index contributed by atoms with van der Waals surface area (Å²) in [5.74, 6) is 0.0326. The van der Waals surface area contributed by atoms with Crippen molar-refractivity contribution < 1.29 is 4.39 Å². The molecule has 84 valence electrons. The molecular weight excluding hydrogens is 257 g/mol. The summed E-state index contributed by atoms with van der Waals surface area (Å²) in [6.45, 7) is 6.57. The topological polar surface area (TPSA) is 26.0 Å². The molecular formula is C12H17BrFN. The zero-order valence-electron chi connectivity index (χ0n) is 9.40. The van der Waals surface area contributed by atoms with Gasteiger partial charge in [0.1, 0.15) is 5.82 Å². The molecule has 0 amide bonds. The van der Waals surface area contributed by atoms with Crippen molar-refractivity contribution in [3.63, 3.8) is 0 Å². The number of hydrogen-bond donors (Lipinski definition) is 1. The second kappa shape index (κ2) is 5.08. The number of rotatable bonds is 3. The fourth-order valence-electron chi connectivity index (χ4n) is 1.85. The molecule has 0 saturated heterocycles. The van der Waals surface area contributed by atoms with E-state index in [2.05, 4.69) is 15.9 Å². The minimum absolute atomic E-state index is 0.140. The first-order valence-electron chi connectivity index (χ1n) is 5.14. The van der Waals surface area contributed by atoms with Crippen molar-refractivity contribution in [3.8, 4) is 0 Å². The second-order valence-electron chi connectivity index (χ2n) is 4.01. The van der Waals surface area contributed by atoms with Crippen LogP contribution in [-0.4, -0.2) is 6.54 Å². The van der Waals surface area contributed by atoms with Crippen molar-refractivity contribution in [1.29, 1.82) is 0 Å². The summed E-state index contributed by atoms with van der Waals surface area (Å²) in [5, 5.41) is 0. The lowest BCUT2D eigenvalue weighted by Crippen LogP contribution is -2.09. The summed E-state index contributed by atoms with van der Waals surface area (Å²) in [7, 11) is 0. The Bertz CT molecular complexity index is 337. The minimum Gasteiger partial charge on any atom is -0.330 e. The van der Waals surface area contributed by atoms with Crippen LogP contribution < -0.4 is 5.73 Å². The Morgan fingerprint density at radius 2 is 2.07 bits per heavy atom. The first-order valence-corrected chi connectivity index (χ1v) is 5.93. The highest BCUT2D eigenvalue weighted by Crippen LogP contribution is 2.31. The predicted molar refractivity (Wildman–Crippen MR) is 65.7 cm³/mol. The molecule has 0 aliphatic carbocycles. The van der Waals surface area contributed by atoms with E-state index in [1.807, 2.05) is 26.8 Å². The van der Waals surface area contributed by atoms with E-state index in [9.17, 15) is 4.39 Å². The average Bonchev–Trinajstić information content (AvgIpc) is 2.16. The van der Waals surface area contributed by atoms with Crippen LogP contribution in [-0.2, 0) is 0 Å². The molecule has 1 nitrogen and oxygen atoms in total. The molecule has 1 unspecified atom stereocenters. The van der Waals surface area contributed by atoms with Crippen molar-refractivity contribution in [2.45, 2.75) is 33.1 Å². The Kier molecular flexibility index (Phi) is 4.29. The van der Waals surface area contributed by atoms with Crippen LogP contribution in [0.25, 0.3) is 0 Å². The maximum absolute atomic E-state index is 13.9. The summed E-state index contributed by atoms with van der Waals surface area (Å²) in [4.78, 5) is 0. The molecule has 3 heteroatoms. The third-order valence-corrected chi connectivity index (χ3v) is 3.45. The predicted octanol–water partition coefficient (Wildman–Crippen LogP) is 3.66. The maximum atomic E-state index is 13.9. The SMILES string of the molecule is Cc1cc(Br)c(F)c(C(C)CCN)c1C. The number of aryl methyl sites for hydroxylation is 1. The van der Waals surface area contributed by atoms with Gasteiger partial charge in [-0.2, -0.15) is 0 Å². The van der Waals surface area contributed by atoms with E-state index in [0.29, 0.717) is 11.0 Å². The third-order valence-electron chi connectivity index (χ3n) is 2.88. The van der Waals surface area contributed by atoms with E-state index in [1.54, 1.807) is 0 Å². The van der Waals surface area contributed by atoms with Crippen LogP contribution >= 0.6 is 15.9 Å². The Hall–Kier alpha value is -0.410. The quantitative estimate of drug-likeness (QED) is 0.894. The molecule has 0 fully saturated rings. The summed E-state index contributed by atoms with van der Waals surface area (Å²) >= 11 is 3.24. The minimum atomic E-state index is -0.140. The Balaban J connectivity index is 3.26. The van der Waals surface area contributed by atoms with Gasteiger partial charge in [-0.05, 0) is 71.4 Å². The van der Waals surface area contributed by atoms with Gasteiger partial charge in [0.2, 0.25) is 0 Å². The van der Waals surface area contributed by atoms with E-state index in [4.69, 9.17) is 5.73 Å². The molecule has 0 heterocycles. The molecule has 1 aromatic carbocycles. The van der Waals surface area contributed by atoms with Crippen LogP contribution in [0.5, 0.6) is 0 Å². The number of halogens is 2. The average molecular weight is 274 g/mol. The highest BCUT2D eigenvalue weighted by Gasteiger charge is 2.17. The lowest BCUT2D eigenvalue weighted by Gasteiger charge is -2.17. The molecule has 0 saturated carbocycles. The Morgan fingerprint density at radius 3 is 2.60 bits per heavy atom. The summed E-state index contributed by atoms with van der Waals surface area (Å²) in [6.07, 6.45) is 0.813. The summed E-state index contributed by atoms with van der Waals surface area (Å²) in [5.41, 5.74) is 8.46. The van der Waals surface area contributed by atoms with Gasteiger partial charge in [0.15, 0.2) is 0 Å². The standard InChI is InChI=1S/C12H17BrFN/c1-7(4-5-15)11-9(3)8(2)6-10(13)12(11)14/h6-7H,4-5,15H2,1-3H3. The smallest absolute Gasteiger partial charge is 0.141 e. The van der Waals surface area contributed by atoms with Gasteiger partial charge in [-0.3, -0.25) is 0 Å². The van der Waals surface area contributed by atoms with Crippen molar-refractivity contribution in [1.82, 2.24) is 0 Å². The van der Waals surface area contributed by atoms with Gasteiger partial charge in [0.25, 0.3) is 0 Å². The molecule has 0 aliphatic rings. The fraction of sp³-hybridized carbons (Fsp3) is 0.500. The molecule has 1 aromatic rings. The molecule has 1 atom stereocenters. The zero-order chi connectivity index (χ0) is 11.6. The molecule has 15 heavy (non-hydrogen) atoms. The van der Waals surface area contributed by atoms with Gasteiger partial charge in [0, 0.05) is 0 Å². The fourth-order valence-corrected chi connectivity index (χ4v) is 2.40. The number of benzene rings is 1. The highest BCUT2D eigenvalue weighted by molar-refractivity contribution is 9.10. The van der Waals surface area contributed by atoms with E-state index >= 15 is 0 Å². The Morgan fingerprint density at radius 1 is 1.47 bits per heavy atom. The van der Waals surface area contributed by atoms with Gasteiger partial charge < -0.3 is 5.73 Å². The van der Waals surface area contributed by atoms with Crippen LogP contribution in [0.3, 0.4) is 0 Å². The van der Waals surface area contributed by atoms with Crippen molar-refractivity contribution >= 4 is 15.9 Å². The van der Waals surface area contributed by atoms with E-state index in [1.165, 1.54) is 0 Å². The molecule has 0 spiro atoms. The molecule has 1 rings (SSSR count). The van der Waals surface area contributed by atoms with E-state index in [0.717, 1.165) is 23.1 Å². The van der Waals surface area contributed by atoms with Gasteiger partial charge in [-0.1, -0.05) is 6.92 Å². The first kappa shape index (κ1) is 12.7. The van der Waals surface area contributed by atoms with Crippen molar-refractivity contribution in [3.05, 3.63) is 33.0 Å². The van der Waals surface area contributed by atoms with Crippen LogP contribution in [0.15, 0.2) is 10.5 Å². The van der Waals surface area contributed by atoms with Crippen molar-refractivity contribution in [2.24, 2.45) is 5.73 Å². The largest absolute Gasteiger partial charge is 0.330 e. The van der Waals surface area contributed by atoms with Crippen molar-refractivity contribution in [2.75, 3.05) is 6.54 Å². The summed E-state index contributed by atoms with van der Waals surface area (Å²) < 4.78 is 14.5. The van der Waals surface area contributed by atoms with Crippen LogP contribution in [0.4, 0.5) is 4.39 Å². The molecule has 0 bridgehead atoms. The number of nitrogens with two attached hydrogens (primary N) is 1. The van der Waals surface area contributed by atoms with Crippen LogP contribution in [0.1, 0.15) is 36.0 Å². The lowest BCUT2D eigenvalue weighted by molar-refractivity contribution is 0.568. The van der Waals surface area contributed by atoms with Gasteiger partial charge in [-0.25, -0.2) is 4.39 Å². The van der Waals surface area contributed by atoms with Crippen LogP contribution in [0, 0.1) is 19.7 Å². The molecule has 0 aromatic heterocycles. The molecule has 2 N–H and O–H groups in total. The molecule has 0 radical (unpaired) electrons. The molecule has 0 aliphatic heterocycles. The highest BCUT2D eigenvalue weighted by atomic mass is 79.9. The normalized spacial score (nSPS) is 12.9. The van der Waals surface area contributed by atoms with Gasteiger partial charge in [-0.15, -0.1) is 0 Å². The van der Waals surface area contributed by atoms with Gasteiger partial charge >= 0.3 is 0 Å². The van der Waals surface area contributed by atoms with Crippen LogP contribution in [0.2, 0.25) is 0 Å². The zero-order valence-corrected chi connectivity index (χ0v) is 11.0. The Labute approximate surface area is 99.0 Å². The first-order chi connectivity index (χ1) is 6.99. The maximum Gasteiger partial charge on any atom is 0.141 e. The summed E-state index contributed by atoms with van der Waals surface area (Å²) in [6, 6.07) is 1.82. The van der Waals surface area contributed by atoms with E-state index < -0.39 is 0 Å². The van der Waals surface area contributed by atoms with E-state index in [-0.39, 0.29) is 11.7 Å². The monoisotopic (exact) mass is 273 g/mol. The van der Waals surface area contributed by atoms with Gasteiger partial charge in [0.05, 0.1) is 4.47 Å². The third kappa shape index (κ3) is 2.58. The number of hydrogen-bond acceptors (Lipinski definition) is 1. The second-order valence-corrected chi connectivity index (χ2v) is 4.86.